The summed E-state index contributed by atoms with van der Waals surface area (Å²) in [6.45, 7) is 0.223. The van der Waals surface area contributed by atoms with E-state index in [1.165, 1.54) is 12.0 Å². The van der Waals surface area contributed by atoms with Crippen LogP contribution in [0, 0.1) is 0 Å². The van der Waals surface area contributed by atoms with E-state index >= 15 is 0 Å². The Hall–Kier alpha value is -3.36. The summed E-state index contributed by atoms with van der Waals surface area (Å²) < 4.78 is 4.83. The number of esters is 1. The molecular formula is C20H24N4O5. The molecule has 2 heterocycles. The number of likely N-dealkylation sites (N-methyl/N-ethyl adjacent to an activating group) is 1. The van der Waals surface area contributed by atoms with Gasteiger partial charge in [-0.1, -0.05) is 18.2 Å². The molecule has 9 nitrogen and oxygen atoms in total. The minimum atomic E-state index is -0.826. The van der Waals surface area contributed by atoms with Crippen LogP contribution in [-0.4, -0.2) is 71.9 Å². The highest BCUT2D eigenvalue weighted by Gasteiger charge is 2.33. The molecule has 2 aromatic rings. The fourth-order valence-corrected chi connectivity index (χ4v) is 3.41. The van der Waals surface area contributed by atoms with Gasteiger partial charge in [-0.25, -0.2) is 9.59 Å². The Morgan fingerprint density at radius 2 is 2.03 bits per heavy atom. The number of hydrogen-bond acceptors (Lipinski definition) is 5. The van der Waals surface area contributed by atoms with Crippen LogP contribution in [0.4, 0.5) is 4.79 Å². The van der Waals surface area contributed by atoms with Gasteiger partial charge in [0.25, 0.3) is 0 Å². The Kier molecular flexibility index (Phi) is 6.16. The highest BCUT2D eigenvalue weighted by molar-refractivity contribution is 6.01. The molecular weight excluding hydrogens is 376 g/mol. The van der Waals surface area contributed by atoms with Crippen LogP contribution in [0.1, 0.15) is 18.4 Å². The molecule has 0 saturated carbocycles. The zero-order valence-electron chi connectivity index (χ0n) is 16.4. The molecule has 0 radical (unpaired) electrons. The molecule has 9 heteroatoms. The van der Waals surface area contributed by atoms with Crippen molar-refractivity contribution in [2.75, 3.05) is 27.2 Å². The molecule has 29 heavy (non-hydrogen) atoms. The minimum absolute atomic E-state index is 0.0556. The maximum Gasteiger partial charge on any atom is 0.328 e. The van der Waals surface area contributed by atoms with E-state index in [0.717, 1.165) is 21.4 Å². The highest BCUT2D eigenvalue weighted by Crippen LogP contribution is 2.19. The number of carbonyl (C=O) groups is 4. The molecule has 1 aliphatic rings. The lowest BCUT2D eigenvalue weighted by Crippen LogP contribution is -2.43. The lowest BCUT2D eigenvalue weighted by molar-refractivity contribution is -0.145. The van der Waals surface area contributed by atoms with Crippen molar-refractivity contribution in [2.45, 2.75) is 25.3 Å². The van der Waals surface area contributed by atoms with Gasteiger partial charge in [0.15, 0.2) is 0 Å². The van der Waals surface area contributed by atoms with Gasteiger partial charge < -0.3 is 19.9 Å². The fourth-order valence-electron chi connectivity index (χ4n) is 3.41. The maximum atomic E-state index is 12.3. The fraction of sp³-hybridized carbons (Fsp3) is 0.400. The standard InChI is InChI=1S/C20H24N4O5/c1-23-12-18(26)24(20(23)28)9-5-8-17(25)22-16(19(27)29-2)10-13-11-21-15-7-4-3-6-14(13)15/h3-4,6-7,11,16,21H,5,8-10,12H2,1-2H3,(H,22,25)/t16-/m1/s1. The van der Waals surface area contributed by atoms with Crippen LogP contribution in [0.2, 0.25) is 0 Å². The number of amides is 4. The van der Waals surface area contributed by atoms with Gasteiger partial charge in [-0.15, -0.1) is 0 Å². The van der Waals surface area contributed by atoms with Gasteiger partial charge >= 0.3 is 12.0 Å². The third-order valence-electron chi connectivity index (χ3n) is 4.94. The quantitative estimate of drug-likeness (QED) is 0.508. The Labute approximate surface area is 168 Å². The zero-order chi connectivity index (χ0) is 21.0. The van der Waals surface area contributed by atoms with Crippen LogP contribution < -0.4 is 5.32 Å². The number of rotatable bonds is 8. The largest absolute Gasteiger partial charge is 0.467 e. The third-order valence-corrected chi connectivity index (χ3v) is 4.94. The molecule has 0 unspecified atom stereocenters. The number of nitrogens with one attached hydrogen (secondary N) is 2. The molecule has 1 aliphatic heterocycles. The van der Waals surface area contributed by atoms with Crippen LogP contribution in [0.25, 0.3) is 10.9 Å². The van der Waals surface area contributed by atoms with Crippen molar-refractivity contribution in [2.24, 2.45) is 0 Å². The first kappa shape index (κ1) is 20.4. The minimum Gasteiger partial charge on any atom is -0.467 e. The summed E-state index contributed by atoms with van der Waals surface area (Å²) in [5.74, 6) is -1.15. The second-order valence-electron chi connectivity index (χ2n) is 6.99. The van der Waals surface area contributed by atoms with E-state index in [0.29, 0.717) is 6.42 Å². The van der Waals surface area contributed by atoms with E-state index in [9.17, 15) is 19.2 Å². The maximum absolute atomic E-state index is 12.3. The first-order chi connectivity index (χ1) is 13.9. The van der Waals surface area contributed by atoms with Gasteiger partial charge in [0.2, 0.25) is 11.8 Å². The van der Waals surface area contributed by atoms with E-state index in [1.54, 1.807) is 7.05 Å². The number of H-pyrrole nitrogens is 1. The molecule has 1 aromatic heterocycles. The number of carbonyl (C=O) groups excluding carboxylic acids is 4. The summed E-state index contributed by atoms with van der Waals surface area (Å²) in [7, 11) is 2.83. The number of nitrogens with zero attached hydrogens (tertiary/aromatic N) is 2. The Morgan fingerprint density at radius 1 is 1.28 bits per heavy atom. The summed E-state index contributed by atoms with van der Waals surface area (Å²) in [6, 6.07) is 6.51. The van der Waals surface area contributed by atoms with Crippen LogP contribution in [0.3, 0.4) is 0 Å². The van der Waals surface area contributed by atoms with Crippen molar-refractivity contribution in [3.63, 3.8) is 0 Å². The topological polar surface area (TPSA) is 112 Å². The summed E-state index contributed by atoms with van der Waals surface area (Å²) in [5.41, 5.74) is 1.84. The molecule has 1 fully saturated rings. The summed E-state index contributed by atoms with van der Waals surface area (Å²) in [5, 5.41) is 3.68. The molecule has 1 atom stereocenters. The molecule has 3 rings (SSSR count). The molecule has 0 spiro atoms. The lowest BCUT2D eigenvalue weighted by Gasteiger charge is -2.17. The van der Waals surface area contributed by atoms with Gasteiger partial charge in [0.1, 0.15) is 12.6 Å². The Bertz CT molecular complexity index is 938. The average Bonchev–Trinajstić information content (AvgIpc) is 3.22. The monoisotopic (exact) mass is 400 g/mol. The SMILES string of the molecule is COC(=O)[C@@H](Cc1c[nH]c2ccccc12)NC(=O)CCCN1C(=O)CN(C)C1=O. The molecule has 2 N–H and O–H groups in total. The summed E-state index contributed by atoms with van der Waals surface area (Å²) in [6.07, 6.45) is 2.50. The summed E-state index contributed by atoms with van der Waals surface area (Å²) in [4.78, 5) is 53.7. The van der Waals surface area contributed by atoms with Gasteiger partial charge in [-0.05, 0) is 18.1 Å². The second-order valence-corrected chi connectivity index (χ2v) is 6.99. The van der Waals surface area contributed by atoms with Gasteiger partial charge in [-0.3, -0.25) is 14.5 Å². The number of benzene rings is 1. The van der Waals surface area contributed by atoms with E-state index in [2.05, 4.69) is 10.3 Å². The number of aromatic amines is 1. The van der Waals surface area contributed by atoms with Crippen LogP contribution in [0.15, 0.2) is 30.5 Å². The molecule has 0 bridgehead atoms. The number of urea groups is 1. The predicted octanol–water partition coefficient (Wildman–Crippen LogP) is 1.04. The summed E-state index contributed by atoms with van der Waals surface area (Å²) >= 11 is 0. The van der Waals surface area contributed by atoms with Crippen molar-refractivity contribution in [1.82, 2.24) is 20.1 Å². The normalized spacial score (nSPS) is 15.1. The second kappa shape index (κ2) is 8.76. The number of para-hydroxylation sites is 1. The molecule has 1 aromatic carbocycles. The number of hydrogen-bond donors (Lipinski definition) is 2. The third kappa shape index (κ3) is 4.56. The number of methoxy groups -OCH3 is 1. The van der Waals surface area contributed by atoms with E-state index < -0.39 is 12.0 Å². The van der Waals surface area contributed by atoms with Crippen molar-refractivity contribution >= 4 is 34.7 Å². The van der Waals surface area contributed by atoms with Crippen molar-refractivity contribution in [3.05, 3.63) is 36.0 Å². The average molecular weight is 400 g/mol. The smallest absolute Gasteiger partial charge is 0.328 e. The van der Waals surface area contributed by atoms with E-state index in [1.807, 2.05) is 30.5 Å². The van der Waals surface area contributed by atoms with Crippen molar-refractivity contribution < 1.29 is 23.9 Å². The van der Waals surface area contributed by atoms with Crippen molar-refractivity contribution in [1.29, 1.82) is 0 Å². The van der Waals surface area contributed by atoms with E-state index in [4.69, 9.17) is 4.74 Å². The van der Waals surface area contributed by atoms with Crippen LogP contribution in [0.5, 0.6) is 0 Å². The number of imide groups is 1. The first-order valence-electron chi connectivity index (χ1n) is 9.38. The predicted molar refractivity (Wildman–Crippen MR) is 105 cm³/mol. The van der Waals surface area contributed by atoms with Crippen LogP contribution in [-0.2, 0) is 25.5 Å². The van der Waals surface area contributed by atoms with Gasteiger partial charge in [0.05, 0.1) is 7.11 Å². The molecule has 154 valence electrons. The number of aromatic nitrogens is 1. The van der Waals surface area contributed by atoms with Gasteiger partial charge in [-0.2, -0.15) is 0 Å². The Balaban J connectivity index is 1.57. The van der Waals surface area contributed by atoms with Crippen molar-refractivity contribution in [3.8, 4) is 0 Å². The molecule has 0 aliphatic carbocycles. The Morgan fingerprint density at radius 3 is 2.72 bits per heavy atom. The zero-order valence-corrected chi connectivity index (χ0v) is 16.4. The van der Waals surface area contributed by atoms with Gasteiger partial charge in [0, 0.05) is 43.5 Å². The lowest BCUT2D eigenvalue weighted by atomic mass is 10.0. The first-order valence-corrected chi connectivity index (χ1v) is 9.38. The molecule has 1 saturated heterocycles. The van der Waals surface area contributed by atoms with Crippen LogP contribution >= 0.6 is 0 Å². The van der Waals surface area contributed by atoms with E-state index in [-0.39, 0.29) is 43.8 Å². The number of fused-ring (bicyclic) bond motifs is 1. The molecule has 4 amide bonds. The highest BCUT2D eigenvalue weighted by atomic mass is 16.5. The number of ether oxygens (including phenoxy) is 1.